The lowest BCUT2D eigenvalue weighted by molar-refractivity contribution is -0.686. The highest BCUT2D eigenvalue weighted by Crippen LogP contribution is 2.37. The van der Waals surface area contributed by atoms with Gasteiger partial charge in [0.1, 0.15) is 13.1 Å². The number of nitrogens with two attached hydrogens (primary N) is 1. The normalized spacial score (nSPS) is 13.5. The quantitative estimate of drug-likeness (QED) is 0.526. The first-order valence-electron chi connectivity index (χ1n) is 8.26. The van der Waals surface area contributed by atoms with E-state index in [0.717, 1.165) is 5.32 Å². The van der Waals surface area contributed by atoms with Crippen LogP contribution in [0.5, 0.6) is 0 Å². The molecule has 0 bridgehead atoms. The topological polar surface area (TPSA) is 16.6 Å². The van der Waals surface area contributed by atoms with Crippen LogP contribution in [0.2, 0.25) is 0 Å². The zero-order valence-corrected chi connectivity index (χ0v) is 15.0. The van der Waals surface area contributed by atoms with Crippen molar-refractivity contribution in [3.05, 3.63) is 69.8 Å². The second-order valence-electron chi connectivity index (χ2n) is 6.53. The molecule has 0 aliphatic rings. The van der Waals surface area contributed by atoms with E-state index in [2.05, 4.69) is 0 Å². The van der Waals surface area contributed by atoms with Crippen LogP contribution in [0.25, 0.3) is 0 Å². The van der Waals surface area contributed by atoms with Gasteiger partial charge in [-0.05, 0) is 36.4 Å². The van der Waals surface area contributed by atoms with Crippen molar-refractivity contribution in [2.45, 2.75) is 37.8 Å². The molecular weight excluding hydrogens is 458 g/mol. The van der Waals surface area contributed by atoms with Crippen molar-refractivity contribution in [1.29, 1.82) is 0 Å². The Balaban J connectivity index is 2.29. The number of alkyl halides is 12. The van der Waals surface area contributed by atoms with Gasteiger partial charge < -0.3 is 5.32 Å². The first-order valence-corrected chi connectivity index (χ1v) is 8.26. The van der Waals surface area contributed by atoms with E-state index in [9.17, 15) is 52.7 Å². The molecule has 0 aliphatic carbocycles. The molecule has 13 heteroatoms. The molecule has 1 nitrogen and oxygen atoms in total. The monoisotopic (exact) mass is 470 g/mol. The van der Waals surface area contributed by atoms with Gasteiger partial charge in [0.05, 0.1) is 22.3 Å². The smallest absolute Gasteiger partial charge is 0.339 e. The molecule has 0 spiro atoms. The van der Waals surface area contributed by atoms with Gasteiger partial charge in [0.2, 0.25) is 0 Å². The summed E-state index contributed by atoms with van der Waals surface area (Å²) in [6.07, 6.45) is -20.3. The fourth-order valence-corrected chi connectivity index (χ4v) is 2.68. The fraction of sp³-hybridized carbons (Fsp3) is 0.333. The van der Waals surface area contributed by atoms with Crippen LogP contribution in [-0.4, -0.2) is 0 Å². The van der Waals surface area contributed by atoms with Crippen LogP contribution in [0.3, 0.4) is 0 Å². The van der Waals surface area contributed by atoms with Crippen molar-refractivity contribution < 1.29 is 58.0 Å². The van der Waals surface area contributed by atoms with Gasteiger partial charge in [-0.3, -0.25) is 0 Å². The molecule has 2 aromatic rings. The van der Waals surface area contributed by atoms with E-state index in [1.165, 1.54) is 0 Å². The lowest BCUT2D eigenvalue weighted by Gasteiger charge is -2.15. The van der Waals surface area contributed by atoms with E-state index in [1.807, 2.05) is 0 Å². The van der Waals surface area contributed by atoms with Crippen LogP contribution in [0.4, 0.5) is 52.7 Å². The van der Waals surface area contributed by atoms with Crippen LogP contribution in [0.15, 0.2) is 36.4 Å². The molecule has 0 saturated carbocycles. The largest absolute Gasteiger partial charge is 0.416 e. The van der Waals surface area contributed by atoms with Crippen molar-refractivity contribution in [3.8, 4) is 0 Å². The SMILES string of the molecule is FC(F)(F)c1cc(C[NH2+]Cc2cc(C(F)(F)F)cc(C(F)(F)F)c2)cc(C(F)(F)F)c1. The average Bonchev–Trinajstić information content (AvgIpc) is 2.58. The second kappa shape index (κ2) is 8.24. The van der Waals surface area contributed by atoms with E-state index in [0.29, 0.717) is 24.3 Å². The average molecular weight is 470 g/mol. The highest BCUT2D eigenvalue weighted by atomic mass is 19.4. The first kappa shape index (κ1) is 24.8. The molecule has 2 N–H and O–H groups in total. The third-order valence-electron chi connectivity index (χ3n) is 4.05. The Kier molecular flexibility index (Phi) is 6.60. The molecule has 0 saturated heterocycles. The summed E-state index contributed by atoms with van der Waals surface area (Å²) in [4.78, 5) is 0. The molecule has 0 atom stereocenters. The van der Waals surface area contributed by atoms with Gasteiger partial charge in [-0.15, -0.1) is 0 Å². The van der Waals surface area contributed by atoms with Gasteiger partial charge in [0, 0.05) is 11.1 Å². The van der Waals surface area contributed by atoms with Crippen LogP contribution in [0.1, 0.15) is 33.4 Å². The van der Waals surface area contributed by atoms with Crippen molar-refractivity contribution in [2.24, 2.45) is 0 Å². The van der Waals surface area contributed by atoms with Crippen LogP contribution >= 0.6 is 0 Å². The molecule has 2 rings (SSSR count). The standard InChI is InChI=1S/C18H11F12N/c19-15(20,21)11-1-9(2-12(5-11)16(22,23)24)7-31-8-10-3-13(17(25,26)27)6-14(4-10)18(28,29)30/h1-6,31H,7-8H2/p+1. The fourth-order valence-electron chi connectivity index (χ4n) is 2.68. The second-order valence-corrected chi connectivity index (χ2v) is 6.53. The molecule has 0 heterocycles. The maximum atomic E-state index is 12.8. The lowest BCUT2D eigenvalue weighted by Crippen LogP contribution is -2.80. The van der Waals surface area contributed by atoms with E-state index in [4.69, 9.17) is 0 Å². The molecular formula is C18H12F12N+. The summed E-state index contributed by atoms with van der Waals surface area (Å²) in [6, 6.07) is 1.54. The predicted molar refractivity (Wildman–Crippen MR) is 82.2 cm³/mol. The van der Waals surface area contributed by atoms with Crippen LogP contribution in [-0.2, 0) is 37.8 Å². The van der Waals surface area contributed by atoms with Gasteiger partial charge in [0.25, 0.3) is 0 Å². The van der Waals surface area contributed by atoms with Crippen molar-refractivity contribution in [2.75, 3.05) is 0 Å². The Hall–Kier alpha value is -2.44. The summed E-state index contributed by atoms with van der Waals surface area (Å²) < 4.78 is 154. The Bertz CT molecular complexity index is 779. The Morgan fingerprint density at radius 2 is 0.645 bits per heavy atom. The first-order chi connectivity index (χ1) is 13.9. The van der Waals surface area contributed by atoms with Crippen LogP contribution in [0, 0.1) is 0 Å². The third kappa shape index (κ3) is 6.77. The summed E-state index contributed by atoms with van der Waals surface area (Å²) in [7, 11) is 0. The Labute approximate surface area is 166 Å². The summed E-state index contributed by atoms with van der Waals surface area (Å²) in [5.74, 6) is 0. The summed E-state index contributed by atoms with van der Waals surface area (Å²) in [5, 5.41) is 0.991. The van der Waals surface area contributed by atoms with E-state index in [1.54, 1.807) is 0 Å². The molecule has 0 aromatic heterocycles. The van der Waals surface area contributed by atoms with Crippen molar-refractivity contribution >= 4 is 0 Å². The molecule has 0 amide bonds. The van der Waals surface area contributed by atoms with Gasteiger partial charge >= 0.3 is 24.7 Å². The molecule has 0 fully saturated rings. The molecule has 0 aliphatic heterocycles. The molecule has 31 heavy (non-hydrogen) atoms. The van der Waals surface area contributed by atoms with E-state index < -0.39 is 71.2 Å². The van der Waals surface area contributed by atoms with E-state index in [-0.39, 0.29) is 12.1 Å². The highest BCUT2D eigenvalue weighted by molar-refractivity contribution is 5.34. The Morgan fingerprint density at radius 1 is 0.419 bits per heavy atom. The molecule has 172 valence electrons. The lowest BCUT2D eigenvalue weighted by atomic mass is 10.0. The maximum absolute atomic E-state index is 12.8. The molecule has 0 radical (unpaired) electrons. The summed E-state index contributed by atoms with van der Waals surface area (Å²) in [6.45, 7) is -1.10. The number of rotatable bonds is 4. The number of hydrogen-bond donors (Lipinski definition) is 1. The Morgan fingerprint density at radius 3 is 0.839 bits per heavy atom. The summed E-state index contributed by atoms with van der Waals surface area (Å²) in [5.41, 5.74) is -7.23. The van der Waals surface area contributed by atoms with E-state index >= 15 is 0 Å². The molecule has 2 aromatic carbocycles. The zero-order valence-electron chi connectivity index (χ0n) is 15.0. The zero-order chi connectivity index (χ0) is 23.8. The molecule has 0 unspecified atom stereocenters. The number of benzene rings is 2. The van der Waals surface area contributed by atoms with Crippen molar-refractivity contribution in [1.82, 2.24) is 0 Å². The highest BCUT2D eigenvalue weighted by Gasteiger charge is 2.38. The predicted octanol–water partition coefficient (Wildman–Crippen LogP) is 6.03. The van der Waals surface area contributed by atoms with Gasteiger partial charge in [-0.25, -0.2) is 0 Å². The number of halogens is 12. The third-order valence-corrected chi connectivity index (χ3v) is 4.05. The van der Waals surface area contributed by atoms with Crippen molar-refractivity contribution in [3.63, 3.8) is 0 Å². The number of hydrogen-bond acceptors (Lipinski definition) is 0. The van der Waals surface area contributed by atoms with Gasteiger partial charge in [-0.2, -0.15) is 52.7 Å². The van der Waals surface area contributed by atoms with Gasteiger partial charge in [0.15, 0.2) is 0 Å². The summed E-state index contributed by atoms with van der Waals surface area (Å²) >= 11 is 0. The minimum absolute atomic E-state index is 0.0914. The maximum Gasteiger partial charge on any atom is 0.416 e. The minimum atomic E-state index is -5.08. The van der Waals surface area contributed by atoms with Crippen LogP contribution < -0.4 is 5.32 Å². The minimum Gasteiger partial charge on any atom is -0.339 e. The number of quaternary nitrogens is 1. The van der Waals surface area contributed by atoms with Gasteiger partial charge in [-0.1, -0.05) is 0 Å².